The zero-order valence-corrected chi connectivity index (χ0v) is 23.0. The molecule has 0 aromatic heterocycles. The normalized spacial score (nSPS) is 10.8. The van der Waals surface area contributed by atoms with Crippen LogP contribution in [-0.4, -0.2) is 52.3 Å². The van der Waals surface area contributed by atoms with Crippen molar-refractivity contribution in [2.24, 2.45) is 0 Å². The van der Waals surface area contributed by atoms with Gasteiger partial charge in [0.15, 0.2) is 0 Å². The Morgan fingerprint density at radius 3 is 0.683 bits per heavy atom. The van der Waals surface area contributed by atoms with Crippen LogP contribution in [0.3, 0.4) is 0 Å². The van der Waals surface area contributed by atoms with Crippen molar-refractivity contribution in [1.29, 1.82) is 0 Å². The number of rotatable bonds is 8. The zero-order chi connectivity index (χ0) is 29.6. The van der Waals surface area contributed by atoms with Crippen molar-refractivity contribution in [2.75, 3.05) is 28.4 Å². The highest BCUT2D eigenvalue weighted by molar-refractivity contribution is 5.91. The second kappa shape index (κ2) is 12.3. The van der Waals surface area contributed by atoms with Crippen LogP contribution >= 0.6 is 0 Å². The lowest BCUT2D eigenvalue weighted by molar-refractivity contribution is 0.0592. The number of esters is 4. The van der Waals surface area contributed by atoms with Crippen molar-refractivity contribution in [2.45, 2.75) is 5.41 Å². The molecule has 4 aromatic carbocycles. The van der Waals surface area contributed by atoms with Gasteiger partial charge in [0.05, 0.1) is 56.1 Å². The summed E-state index contributed by atoms with van der Waals surface area (Å²) in [6.07, 6.45) is 0. The molecule has 0 fully saturated rings. The topological polar surface area (TPSA) is 105 Å². The lowest BCUT2D eigenvalue weighted by atomic mass is 9.65. The van der Waals surface area contributed by atoms with Gasteiger partial charge in [-0.2, -0.15) is 0 Å². The molecule has 0 unspecified atom stereocenters. The van der Waals surface area contributed by atoms with Gasteiger partial charge in [-0.05, 0) is 70.8 Å². The number of carbonyl (C=O) groups is 4. The van der Waals surface area contributed by atoms with Crippen LogP contribution in [0.2, 0.25) is 0 Å². The predicted octanol–water partition coefficient (Wildman–Crippen LogP) is 5.22. The molecule has 41 heavy (non-hydrogen) atoms. The third kappa shape index (κ3) is 5.45. The fourth-order valence-electron chi connectivity index (χ4n) is 4.90. The van der Waals surface area contributed by atoms with Gasteiger partial charge in [0.2, 0.25) is 0 Å². The molecule has 0 radical (unpaired) electrons. The van der Waals surface area contributed by atoms with Gasteiger partial charge in [-0.3, -0.25) is 0 Å². The van der Waals surface area contributed by atoms with Crippen LogP contribution in [0.25, 0.3) is 0 Å². The summed E-state index contributed by atoms with van der Waals surface area (Å²) in [5, 5.41) is 0. The van der Waals surface area contributed by atoms with E-state index in [4.69, 9.17) is 18.9 Å². The first-order chi connectivity index (χ1) is 19.8. The van der Waals surface area contributed by atoms with E-state index in [1.807, 2.05) is 48.5 Å². The second-order valence-electron chi connectivity index (χ2n) is 9.03. The summed E-state index contributed by atoms with van der Waals surface area (Å²) in [5.74, 6) is -1.91. The summed E-state index contributed by atoms with van der Waals surface area (Å²) in [4.78, 5) is 48.9. The molecule has 0 spiro atoms. The molecule has 0 aliphatic rings. The molecule has 0 atom stereocenters. The highest BCUT2D eigenvalue weighted by Gasteiger charge is 2.39. The largest absolute Gasteiger partial charge is 0.465 e. The number of benzene rings is 4. The molecule has 0 bridgehead atoms. The van der Waals surface area contributed by atoms with Gasteiger partial charge in [0.25, 0.3) is 0 Å². The molecular formula is C33H28O8. The fourth-order valence-corrected chi connectivity index (χ4v) is 4.90. The molecule has 8 heteroatoms. The molecule has 0 saturated carbocycles. The average molecular weight is 557 g/mol. The lowest BCUT2D eigenvalue weighted by Crippen LogP contribution is -2.31. The minimum Gasteiger partial charge on any atom is -0.465 e. The third-order valence-electron chi connectivity index (χ3n) is 6.96. The third-order valence-corrected chi connectivity index (χ3v) is 6.96. The summed E-state index contributed by atoms with van der Waals surface area (Å²) >= 11 is 0. The Bertz CT molecular complexity index is 1310. The molecule has 4 rings (SSSR count). The summed E-state index contributed by atoms with van der Waals surface area (Å²) in [6.45, 7) is 0. The minimum absolute atomic E-state index is 0.369. The van der Waals surface area contributed by atoms with Crippen molar-refractivity contribution in [3.05, 3.63) is 142 Å². The number of methoxy groups -OCH3 is 4. The van der Waals surface area contributed by atoms with Crippen molar-refractivity contribution < 1.29 is 38.1 Å². The van der Waals surface area contributed by atoms with E-state index in [0.29, 0.717) is 22.3 Å². The van der Waals surface area contributed by atoms with Crippen molar-refractivity contribution >= 4 is 23.9 Å². The van der Waals surface area contributed by atoms with Gasteiger partial charge < -0.3 is 18.9 Å². The number of ether oxygens (including phenoxy) is 4. The SMILES string of the molecule is CO[13C](=O)c1ccc(C(c2ccc([13C](=O)OC)cc2)(c2ccc([13C](=O)OC)cc2)c2ccc([13C](=O)OC)cc2)cc1. The van der Waals surface area contributed by atoms with E-state index >= 15 is 0 Å². The van der Waals surface area contributed by atoms with E-state index in [-0.39, 0.29) is 0 Å². The van der Waals surface area contributed by atoms with E-state index in [1.165, 1.54) is 28.4 Å². The maximum atomic E-state index is 12.2. The van der Waals surface area contributed by atoms with Crippen LogP contribution in [0.1, 0.15) is 63.7 Å². The van der Waals surface area contributed by atoms with Crippen LogP contribution in [0.5, 0.6) is 0 Å². The van der Waals surface area contributed by atoms with Crippen LogP contribution < -0.4 is 0 Å². The number of carbonyl (C=O) groups excluding carboxylic acids is 4. The maximum Gasteiger partial charge on any atom is 0.337 e. The smallest absolute Gasteiger partial charge is 0.337 e. The highest BCUT2D eigenvalue weighted by atomic mass is 16.6. The van der Waals surface area contributed by atoms with Gasteiger partial charge in [0, 0.05) is 0 Å². The van der Waals surface area contributed by atoms with Gasteiger partial charge >= 0.3 is 23.9 Å². The van der Waals surface area contributed by atoms with Crippen LogP contribution in [0.15, 0.2) is 97.1 Å². The van der Waals surface area contributed by atoms with Gasteiger partial charge in [-0.25, -0.2) is 19.2 Å². The summed E-state index contributed by atoms with van der Waals surface area (Å²) in [5.41, 5.74) is 3.54. The predicted molar refractivity (Wildman–Crippen MR) is 150 cm³/mol. The van der Waals surface area contributed by atoms with Crippen LogP contribution in [0, 0.1) is 0 Å². The standard InChI is InChI=1S/C33H28O8/c1-38-29(34)21-5-13-25(14-6-21)33(26-15-7-22(8-16-26)30(35)39-2,27-17-9-23(10-18-27)31(36)40-3)28-19-11-24(12-20-28)32(37)41-4/h5-20H,1-4H3/i29+1,30+1,31+1,32+1. The Kier molecular flexibility index (Phi) is 8.63. The molecule has 208 valence electrons. The molecule has 0 aliphatic carbocycles. The second-order valence-corrected chi connectivity index (χ2v) is 9.03. The van der Waals surface area contributed by atoms with Crippen LogP contribution in [0.4, 0.5) is 0 Å². The molecule has 0 aliphatic heterocycles. The van der Waals surface area contributed by atoms with Gasteiger partial charge in [-0.15, -0.1) is 0 Å². The van der Waals surface area contributed by atoms with Gasteiger partial charge in [0.1, 0.15) is 0 Å². The van der Waals surface area contributed by atoms with Crippen molar-refractivity contribution in [3.63, 3.8) is 0 Å². The summed E-state index contributed by atoms with van der Waals surface area (Å²) in [6, 6.07) is 27.9. The Hall–Kier alpha value is -5.24. The summed E-state index contributed by atoms with van der Waals surface area (Å²) in [7, 11) is 5.26. The Morgan fingerprint density at radius 1 is 0.366 bits per heavy atom. The first-order valence-electron chi connectivity index (χ1n) is 12.6. The van der Waals surface area contributed by atoms with Crippen molar-refractivity contribution in [3.8, 4) is 0 Å². The maximum absolute atomic E-state index is 12.2. The van der Waals surface area contributed by atoms with Gasteiger partial charge in [-0.1, -0.05) is 48.5 Å². The highest BCUT2D eigenvalue weighted by Crippen LogP contribution is 2.45. The molecule has 0 heterocycles. The zero-order valence-electron chi connectivity index (χ0n) is 23.0. The van der Waals surface area contributed by atoms with E-state index in [1.54, 1.807) is 48.5 Å². The molecule has 8 nitrogen and oxygen atoms in total. The van der Waals surface area contributed by atoms with E-state index < -0.39 is 29.3 Å². The number of hydrogen-bond donors (Lipinski definition) is 0. The van der Waals surface area contributed by atoms with Crippen molar-refractivity contribution in [1.82, 2.24) is 0 Å². The minimum atomic E-state index is -1.02. The van der Waals surface area contributed by atoms with Crippen LogP contribution in [-0.2, 0) is 24.4 Å². The molecule has 0 N–H and O–H groups in total. The monoisotopic (exact) mass is 556 g/mol. The number of hydrogen-bond acceptors (Lipinski definition) is 8. The first-order valence-corrected chi connectivity index (χ1v) is 12.6. The molecule has 0 saturated heterocycles. The Labute approximate surface area is 237 Å². The first kappa shape index (κ1) is 28.8. The average Bonchev–Trinajstić information content (AvgIpc) is 3.04. The lowest BCUT2D eigenvalue weighted by Gasteiger charge is -2.37. The Morgan fingerprint density at radius 2 is 0.537 bits per heavy atom. The Balaban J connectivity index is 2.05. The van der Waals surface area contributed by atoms with E-state index in [9.17, 15) is 19.2 Å². The molecule has 0 amide bonds. The quantitative estimate of drug-likeness (QED) is 0.126. The molecule has 4 aromatic rings. The molecular weight excluding hydrogens is 528 g/mol. The summed E-state index contributed by atoms with van der Waals surface area (Å²) < 4.78 is 19.5. The van der Waals surface area contributed by atoms with E-state index in [0.717, 1.165) is 22.3 Å². The van der Waals surface area contributed by atoms with E-state index in [2.05, 4.69) is 0 Å². The fraction of sp³-hybridized carbons (Fsp3) is 0.152.